The second-order valence-corrected chi connectivity index (χ2v) is 9.72. The highest BCUT2D eigenvalue weighted by atomic mass is 32.1. The van der Waals surface area contributed by atoms with E-state index in [1.807, 2.05) is 32.0 Å². The van der Waals surface area contributed by atoms with Crippen LogP contribution >= 0.6 is 11.5 Å². The van der Waals surface area contributed by atoms with Gasteiger partial charge >= 0.3 is 0 Å². The van der Waals surface area contributed by atoms with E-state index in [1.165, 1.54) is 4.90 Å². The van der Waals surface area contributed by atoms with E-state index in [1.54, 1.807) is 50.4 Å². The molecule has 0 spiro atoms. The third kappa shape index (κ3) is 5.63. The van der Waals surface area contributed by atoms with Gasteiger partial charge in [0.05, 0.1) is 12.8 Å². The number of methoxy groups -OCH3 is 1. The van der Waals surface area contributed by atoms with Gasteiger partial charge in [-0.25, -0.2) is 0 Å². The first-order valence-electron chi connectivity index (χ1n) is 12.0. The maximum Gasteiger partial charge on any atom is 0.273 e. The molecule has 0 aliphatic rings. The minimum Gasteiger partial charge on any atom is -0.497 e. The molecule has 202 valence electrons. The number of hydrogen-bond donors (Lipinski definition) is 3. The highest BCUT2D eigenvalue weighted by Crippen LogP contribution is 2.36. The standard InChI is InChI=1S/C28H29N5O5S/c1-15-6-5-7-20(17(15)3)33(28(36)25-22(29)23(26(30)34)32-39-25)24(21-13-8-16(2)38-21)27(35)31-14-18-9-11-19(37-4)12-10-18/h5-13,24H,14,29H2,1-4H3,(H2,30,34)(H,31,35)/t24-/m0/s1. The number of ether oxygens (including phenoxy) is 1. The van der Waals surface area contributed by atoms with E-state index in [2.05, 4.69) is 9.69 Å². The van der Waals surface area contributed by atoms with Crippen LogP contribution in [0.4, 0.5) is 11.4 Å². The van der Waals surface area contributed by atoms with Gasteiger partial charge in [0, 0.05) is 12.2 Å². The number of aryl methyl sites for hydroxylation is 2. The van der Waals surface area contributed by atoms with Crippen molar-refractivity contribution in [2.75, 3.05) is 17.7 Å². The first-order valence-corrected chi connectivity index (χ1v) is 12.8. The zero-order valence-corrected chi connectivity index (χ0v) is 22.8. The Bertz CT molecular complexity index is 1530. The normalized spacial score (nSPS) is 11.6. The van der Waals surface area contributed by atoms with Gasteiger partial charge in [-0.1, -0.05) is 24.3 Å². The van der Waals surface area contributed by atoms with Crippen molar-refractivity contribution in [3.05, 3.63) is 93.4 Å². The molecule has 0 aliphatic carbocycles. The number of rotatable bonds is 9. The molecular weight excluding hydrogens is 518 g/mol. The van der Waals surface area contributed by atoms with Crippen LogP contribution in [0.15, 0.2) is 59.0 Å². The number of benzene rings is 2. The lowest BCUT2D eigenvalue weighted by atomic mass is 10.0. The molecule has 4 aromatic rings. The molecular formula is C28H29N5O5S. The number of furan rings is 1. The summed E-state index contributed by atoms with van der Waals surface area (Å²) in [6.45, 7) is 5.71. The van der Waals surface area contributed by atoms with E-state index in [-0.39, 0.29) is 28.6 Å². The van der Waals surface area contributed by atoms with Crippen LogP contribution in [0.1, 0.15) is 54.4 Å². The number of anilines is 2. The van der Waals surface area contributed by atoms with Gasteiger partial charge in [-0.15, -0.1) is 0 Å². The van der Waals surface area contributed by atoms with Gasteiger partial charge < -0.3 is 25.9 Å². The number of carbonyl (C=O) groups excluding carboxylic acids is 3. The van der Waals surface area contributed by atoms with Gasteiger partial charge in [0.1, 0.15) is 22.1 Å². The first-order chi connectivity index (χ1) is 18.6. The van der Waals surface area contributed by atoms with Crippen LogP contribution in [-0.2, 0) is 11.3 Å². The zero-order valence-electron chi connectivity index (χ0n) is 22.0. The van der Waals surface area contributed by atoms with Crippen LogP contribution in [-0.4, -0.2) is 29.2 Å². The van der Waals surface area contributed by atoms with Gasteiger partial charge in [-0.3, -0.25) is 19.3 Å². The molecule has 0 radical (unpaired) electrons. The fourth-order valence-electron chi connectivity index (χ4n) is 4.10. The molecule has 0 bridgehead atoms. The second-order valence-electron chi connectivity index (χ2n) is 8.95. The Labute approximate surface area is 229 Å². The molecule has 2 aromatic heterocycles. The van der Waals surface area contributed by atoms with Crippen molar-refractivity contribution in [2.45, 2.75) is 33.4 Å². The van der Waals surface area contributed by atoms with Crippen LogP contribution in [0.5, 0.6) is 5.75 Å². The Morgan fingerprint density at radius 2 is 1.79 bits per heavy atom. The van der Waals surface area contributed by atoms with E-state index < -0.39 is 23.8 Å². The number of hydrogen-bond acceptors (Lipinski definition) is 8. The van der Waals surface area contributed by atoms with Crippen LogP contribution in [0.25, 0.3) is 0 Å². The number of nitrogens with one attached hydrogen (secondary N) is 1. The number of nitrogens with two attached hydrogens (primary N) is 2. The smallest absolute Gasteiger partial charge is 0.273 e. The van der Waals surface area contributed by atoms with Crippen molar-refractivity contribution in [2.24, 2.45) is 5.73 Å². The van der Waals surface area contributed by atoms with Crippen molar-refractivity contribution < 1.29 is 23.5 Å². The molecule has 3 amide bonds. The number of amides is 3. The average molecular weight is 548 g/mol. The second kappa shape index (κ2) is 11.4. The van der Waals surface area contributed by atoms with Crippen molar-refractivity contribution in [3.63, 3.8) is 0 Å². The Balaban J connectivity index is 1.81. The molecule has 2 aromatic carbocycles. The topological polar surface area (TPSA) is 154 Å². The number of carbonyl (C=O) groups is 3. The third-order valence-electron chi connectivity index (χ3n) is 6.37. The molecule has 2 heterocycles. The SMILES string of the molecule is COc1ccc(CNC(=O)[C@H](c2ccc(C)o2)N(C(=O)c2snc(C(N)=O)c2N)c2cccc(C)c2C)cc1. The lowest BCUT2D eigenvalue weighted by Gasteiger charge is -2.31. The summed E-state index contributed by atoms with van der Waals surface area (Å²) in [6.07, 6.45) is 0. The average Bonchev–Trinajstić information content (AvgIpc) is 3.52. The highest BCUT2D eigenvalue weighted by molar-refractivity contribution is 7.09. The summed E-state index contributed by atoms with van der Waals surface area (Å²) < 4.78 is 15.1. The molecule has 5 N–H and O–H groups in total. The zero-order chi connectivity index (χ0) is 28.3. The fraction of sp³-hybridized carbons (Fsp3) is 0.214. The van der Waals surface area contributed by atoms with Crippen LogP contribution < -0.4 is 26.4 Å². The molecule has 0 aliphatic heterocycles. The highest BCUT2D eigenvalue weighted by Gasteiger charge is 2.38. The number of aromatic nitrogens is 1. The molecule has 11 heteroatoms. The van der Waals surface area contributed by atoms with E-state index >= 15 is 0 Å². The number of nitrogens with zero attached hydrogens (tertiary/aromatic N) is 2. The number of nitrogen functional groups attached to an aromatic ring is 1. The fourth-order valence-corrected chi connectivity index (χ4v) is 4.85. The first kappa shape index (κ1) is 27.4. The lowest BCUT2D eigenvalue weighted by Crippen LogP contribution is -2.44. The summed E-state index contributed by atoms with van der Waals surface area (Å²) in [5, 5.41) is 2.92. The summed E-state index contributed by atoms with van der Waals surface area (Å²) in [6, 6.07) is 14.9. The molecule has 0 fully saturated rings. The molecule has 10 nitrogen and oxygen atoms in total. The maximum absolute atomic E-state index is 14.2. The predicted molar refractivity (Wildman–Crippen MR) is 149 cm³/mol. The lowest BCUT2D eigenvalue weighted by molar-refractivity contribution is -0.123. The van der Waals surface area contributed by atoms with Crippen LogP contribution in [0.3, 0.4) is 0 Å². The summed E-state index contributed by atoms with van der Waals surface area (Å²) in [7, 11) is 1.58. The maximum atomic E-state index is 14.2. The van der Waals surface area contributed by atoms with Crippen LogP contribution in [0, 0.1) is 20.8 Å². The van der Waals surface area contributed by atoms with Crippen molar-refractivity contribution in [1.29, 1.82) is 0 Å². The van der Waals surface area contributed by atoms with Gasteiger partial charge in [0.15, 0.2) is 11.7 Å². The molecule has 1 atom stereocenters. The summed E-state index contributed by atoms with van der Waals surface area (Å²) in [4.78, 5) is 41.2. The Hall–Kier alpha value is -4.64. The minimum absolute atomic E-state index is 0.0130. The third-order valence-corrected chi connectivity index (χ3v) is 7.22. The summed E-state index contributed by atoms with van der Waals surface area (Å²) in [5.74, 6) is -0.431. The largest absolute Gasteiger partial charge is 0.497 e. The number of primary amides is 1. The van der Waals surface area contributed by atoms with Gasteiger partial charge in [0.25, 0.3) is 17.7 Å². The van der Waals surface area contributed by atoms with Gasteiger partial charge in [-0.05, 0) is 79.3 Å². The predicted octanol–water partition coefficient (Wildman–Crippen LogP) is 4.06. The summed E-state index contributed by atoms with van der Waals surface area (Å²) >= 11 is 0.748. The molecule has 0 unspecified atom stereocenters. The monoisotopic (exact) mass is 547 g/mol. The van der Waals surface area contributed by atoms with E-state index in [0.29, 0.717) is 17.2 Å². The minimum atomic E-state index is -1.21. The Morgan fingerprint density at radius 1 is 1.08 bits per heavy atom. The van der Waals surface area contributed by atoms with E-state index in [9.17, 15) is 14.4 Å². The van der Waals surface area contributed by atoms with Gasteiger partial charge in [-0.2, -0.15) is 4.37 Å². The molecule has 4 rings (SSSR count). The van der Waals surface area contributed by atoms with Crippen molar-refractivity contribution >= 4 is 40.6 Å². The Kier molecular flexibility index (Phi) is 8.01. The molecule has 39 heavy (non-hydrogen) atoms. The molecule has 0 saturated carbocycles. The van der Waals surface area contributed by atoms with Crippen molar-refractivity contribution in [3.8, 4) is 5.75 Å². The van der Waals surface area contributed by atoms with E-state index in [0.717, 1.165) is 28.2 Å². The summed E-state index contributed by atoms with van der Waals surface area (Å²) in [5.41, 5.74) is 14.2. The quantitative estimate of drug-likeness (QED) is 0.286. The van der Waals surface area contributed by atoms with Crippen LogP contribution in [0.2, 0.25) is 0 Å². The van der Waals surface area contributed by atoms with Crippen molar-refractivity contribution in [1.82, 2.24) is 9.69 Å². The van der Waals surface area contributed by atoms with E-state index in [4.69, 9.17) is 20.6 Å². The van der Waals surface area contributed by atoms with Gasteiger partial charge in [0.2, 0.25) is 0 Å². The molecule has 0 saturated heterocycles. The Morgan fingerprint density at radius 3 is 2.38 bits per heavy atom.